The van der Waals surface area contributed by atoms with Crippen molar-refractivity contribution in [1.82, 2.24) is 5.32 Å². The van der Waals surface area contributed by atoms with Crippen molar-refractivity contribution in [2.45, 2.75) is 6.54 Å². The van der Waals surface area contributed by atoms with Crippen LogP contribution in [-0.2, 0) is 6.54 Å². The van der Waals surface area contributed by atoms with E-state index in [9.17, 15) is 0 Å². The van der Waals surface area contributed by atoms with Crippen molar-refractivity contribution in [1.29, 1.82) is 0 Å². The van der Waals surface area contributed by atoms with Crippen molar-refractivity contribution >= 4 is 50.9 Å². The first-order valence-electron chi connectivity index (χ1n) is 3.33. The molecule has 12 heavy (non-hydrogen) atoms. The quantitative estimate of drug-likeness (QED) is 0.797. The lowest BCUT2D eigenvalue weighted by atomic mass is 10.2. The molecule has 1 aromatic carbocycles. The Morgan fingerprint density at radius 2 is 2.17 bits per heavy atom. The van der Waals surface area contributed by atoms with E-state index in [1.165, 1.54) is 13.6 Å². The van der Waals surface area contributed by atoms with Crippen LogP contribution < -0.4 is 5.32 Å². The average Bonchev–Trinajstić information content (AvgIpc) is 1.99. The Kier molecular flexibility index (Phi) is 6.53. The molecule has 1 nitrogen and oxygen atoms in total. The van der Waals surface area contributed by atoms with Crippen LogP contribution >= 0.6 is 50.9 Å². The van der Waals surface area contributed by atoms with Crippen molar-refractivity contribution in [3.63, 3.8) is 0 Å². The zero-order valence-electron chi connectivity index (χ0n) is 6.60. The van der Waals surface area contributed by atoms with E-state index >= 15 is 0 Å². The first-order valence-corrected chi connectivity index (χ1v) is 5.20. The minimum atomic E-state index is 0. The highest BCUT2D eigenvalue weighted by Crippen LogP contribution is 2.22. The van der Waals surface area contributed by atoms with Gasteiger partial charge in [0.2, 0.25) is 0 Å². The number of nitrogens with one attached hydrogen (secondary N) is 1. The molecule has 68 valence electrons. The molecular formula is C8H10BrClIN. The Morgan fingerprint density at radius 1 is 1.50 bits per heavy atom. The predicted molar refractivity (Wildman–Crippen MR) is 66.9 cm³/mol. The molecular weight excluding hydrogens is 352 g/mol. The van der Waals surface area contributed by atoms with E-state index in [-0.39, 0.29) is 12.4 Å². The molecule has 0 bridgehead atoms. The van der Waals surface area contributed by atoms with Gasteiger partial charge in [0, 0.05) is 14.6 Å². The van der Waals surface area contributed by atoms with E-state index in [2.05, 4.69) is 62.0 Å². The standard InChI is InChI=1S/C8H9BrIN.ClH/c1-11-5-6-3-2-4-7(10)8(6)9;/h2-4,11H,5H2,1H3;1H. The molecule has 1 rings (SSSR count). The summed E-state index contributed by atoms with van der Waals surface area (Å²) >= 11 is 5.85. The average molecular weight is 362 g/mol. The molecule has 4 heteroatoms. The van der Waals surface area contributed by atoms with Crippen LogP contribution in [0, 0.1) is 3.57 Å². The largest absolute Gasteiger partial charge is 0.316 e. The monoisotopic (exact) mass is 361 g/mol. The van der Waals surface area contributed by atoms with Gasteiger partial charge in [-0.15, -0.1) is 12.4 Å². The third-order valence-electron chi connectivity index (χ3n) is 1.40. The summed E-state index contributed by atoms with van der Waals surface area (Å²) < 4.78 is 2.46. The highest BCUT2D eigenvalue weighted by molar-refractivity contribution is 14.1. The lowest BCUT2D eigenvalue weighted by Crippen LogP contribution is -2.05. The molecule has 0 saturated carbocycles. The molecule has 0 heterocycles. The number of rotatable bonds is 2. The van der Waals surface area contributed by atoms with Crippen molar-refractivity contribution in [3.05, 3.63) is 31.8 Å². The number of hydrogen-bond donors (Lipinski definition) is 1. The lowest BCUT2D eigenvalue weighted by molar-refractivity contribution is 0.813. The molecule has 0 saturated heterocycles. The highest BCUT2D eigenvalue weighted by atomic mass is 127. The topological polar surface area (TPSA) is 12.0 Å². The van der Waals surface area contributed by atoms with Crippen molar-refractivity contribution in [2.24, 2.45) is 0 Å². The van der Waals surface area contributed by atoms with Crippen LogP contribution in [0.15, 0.2) is 22.7 Å². The predicted octanol–water partition coefficient (Wildman–Crippen LogP) is 3.19. The molecule has 0 fully saturated rings. The lowest BCUT2D eigenvalue weighted by Gasteiger charge is -2.04. The Bertz CT molecular complexity index is 255. The molecule has 0 amide bonds. The Labute approximate surface area is 101 Å². The maximum absolute atomic E-state index is 3.53. The summed E-state index contributed by atoms with van der Waals surface area (Å²) in [7, 11) is 1.95. The van der Waals surface area contributed by atoms with Crippen molar-refractivity contribution in [2.75, 3.05) is 7.05 Å². The number of hydrogen-bond acceptors (Lipinski definition) is 1. The Morgan fingerprint density at radius 3 is 2.75 bits per heavy atom. The highest BCUT2D eigenvalue weighted by Gasteiger charge is 2.00. The van der Waals surface area contributed by atoms with Gasteiger partial charge in [0.25, 0.3) is 0 Å². The zero-order valence-corrected chi connectivity index (χ0v) is 11.2. The normalized spacial score (nSPS) is 9.25. The fourth-order valence-corrected chi connectivity index (χ4v) is 1.83. The summed E-state index contributed by atoms with van der Waals surface area (Å²) in [5.74, 6) is 0. The second-order valence-corrected chi connectivity index (χ2v) is 4.20. The van der Waals surface area contributed by atoms with Gasteiger partial charge in [0.1, 0.15) is 0 Å². The van der Waals surface area contributed by atoms with Gasteiger partial charge < -0.3 is 5.32 Å². The molecule has 0 aliphatic carbocycles. The minimum Gasteiger partial charge on any atom is -0.316 e. The SMILES string of the molecule is CNCc1cccc(I)c1Br.Cl. The molecule has 0 spiro atoms. The second kappa shape index (κ2) is 6.18. The van der Waals surface area contributed by atoms with Gasteiger partial charge in [0.05, 0.1) is 0 Å². The van der Waals surface area contributed by atoms with Gasteiger partial charge in [-0.3, -0.25) is 0 Å². The van der Waals surface area contributed by atoms with E-state index < -0.39 is 0 Å². The van der Waals surface area contributed by atoms with Crippen molar-refractivity contribution in [3.8, 4) is 0 Å². The molecule has 0 radical (unpaired) electrons. The van der Waals surface area contributed by atoms with Crippen LogP contribution in [0.1, 0.15) is 5.56 Å². The number of halogens is 3. The van der Waals surface area contributed by atoms with E-state index in [4.69, 9.17) is 0 Å². The fourth-order valence-electron chi connectivity index (χ4n) is 0.875. The smallest absolute Gasteiger partial charge is 0.0353 e. The van der Waals surface area contributed by atoms with E-state index in [1.54, 1.807) is 0 Å². The van der Waals surface area contributed by atoms with E-state index in [0.29, 0.717) is 0 Å². The van der Waals surface area contributed by atoms with Gasteiger partial charge in [-0.1, -0.05) is 12.1 Å². The molecule has 0 aliphatic rings. The Balaban J connectivity index is 0.00000121. The Hall–Kier alpha value is 0.680. The molecule has 0 aromatic heterocycles. The summed E-state index contributed by atoms with van der Waals surface area (Å²) in [4.78, 5) is 0. The zero-order chi connectivity index (χ0) is 8.27. The third kappa shape index (κ3) is 3.20. The van der Waals surface area contributed by atoms with Gasteiger partial charge in [-0.25, -0.2) is 0 Å². The second-order valence-electron chi connectivity index (χ2n) is 2.24. The minimum absolute atomic E-state index is 0. The van der Waals surface area contributed by atoms with Crippen molar-refractivity contribution < 1.29 is 0 Å². The van der Waals surface area contributed by atoms with Crippen LogP contribution in [0.3, 0.4) is 0 Å². The maximum Gasteiger partial charge on any atom is 0.0353 e. The molecule has 1 N–H and O–H groups in total. The first kappa shape index (κ1) is 12.7. The summed E-state index contributed by atoms with van der Waals surface area (Å²) in [6.45, 7) is 0.914. The first-order chi connectivity index (χ1) is 5.25. The van der Waals surface area contributed by atoms with Gasteiger partial charge in [0.15, 0.2) is 0 Å². The summed E-state index contributed by atoms with van der Waals surface area (Å²) in [6, 6.07) is 6.27. The van der Waals surface area contributed by atoms with Crippen LogP contribution in [0.4, 0.5) is 0 Å². The van der Waals surface area contributed by atoms with Crippen LogP contribution in [0.2, 0.25) is 0 Å². The van der Waals surface area contributed by atoms with Gasteiger partial charge in [-0.2, -0.15) is 0 Å². The van der Waals surface area contributed by atoms with Gasteiger partial charge >= 0.3 is 0 Å². The molecule has 0 aliphatic heterocycles. The molecule has 1 aromatic rings. The third-order valence-corrected chi connectivity index (χ3v) is 3.98. The summed E-state index contributed by atoms with van der Waals surface area (Å²) in [5, 5.41) is 3.12. The van der Waals surface area contributed by atoms with E-state index in [0.717, 1.165) is 6.54 Å². The maximum atomic E-state index is 3.53. The number of benzene rings is 1. The molecule has 0 unspecified atom stereocenters. The van der Waals surface area contributed by atoms with Crippen LogP contribution in [0.5, 0.6) is 0 Å². The fraction of sp³-hybridized carbons (Fsp3) is 0.250. The molecule has 0 atom stereocenters. The van der Waals surface area contributed by atoms with E-state index in [1.807, 2.05) is 7.05 Å². The van der Waals surface area contributed by atoms with Gasteiger partial charge in [-0.05, 0) is 57.2 Å². The van der Waals surface area contributed by atoms with Crippen LogP contribution in [-0.4, -0.2) is 7.05 Å². The van der Waals surface area contributed by atoms with Crippen LogP contribution in [0.25, 0.3) is 0 Å². The summed E-state index contributed by atoms with van der Waals surface area (Å²) in [5.41, 5.74) is 1.31. The summed E-state index contributed by atoms with van der Waals surface area (Å²) in [6.07, 6.45) is 0.